The number of hydrogen-bond donors (Lipinski definition) is 2. The number of nitrogens with one attached hydrogen (secondary N) is 1. The molecule has 1 unspecified atom stereocenters. The monoisotopic (exact) mass is 265 g/mol. The molecule has 5 nitrogen and oxygen atoms in total. The molecule has 5 heteroatoms. The molecule has 0 radical (unpaired) electrons. The minimum absolute atomic E-state index is 0.0397. The highest BCUT2D eigenvalue weighted by atomic mass is 16.5. The molecule has 0 aliphatic carbocycles. The number of aromatic carboxylic acids is 1. The summed E-state index contributed by atoms with van der Waals surface area (Å²) < 4.78 is 5.42. The maximum Gasteiger partial charge on any atom is 0.339 e. The van der Waals surface area contributed by atoms with E-state index in [1.165, 1.54) is 12.1 Å². The van der Waals surface area contributed by atoms with Crippen LogP contribution >= 0.6 is 0 Å². The number of carbonyl (C=O) groups is 2. The van der Waals surface area contributed by atoms with Gasteiger partial charge < -0.3 is 15.2 Å². The molecular weight excluding hydrogens is 246 g/mol. The van der Waals surface area contributed by atoms with Crippen LogP contribution in [-0.2, 0) is 4.79 Å². The first kappa shape index (κ1) is 15.0. The van der Waals surface area contributed by atoms with Crippen LogP contribution < -0.4 is 10.1 Å². The summed E-state index contributed by atoms with van der Waals surface area (Å²) in [5.41, 5.74) is -0.320. The topological polar surface area (TPSA) is 75.6 Å². The van der Waals surface area contributed by atoms with E-state index in [1.54, 1.807) is 19.1 Å². The van der Waals surface area contributed by atoms with Gasteiger partial charge in [0.1, 0.15) is 11.3 Å². The Morgan fingerprint density at radius 2 is 1.84 bits per heavy atom. The molecule has 2 N–H and O–H groups in total. The van der Waals surface area contributed by atoms with Crippen molar-refractivity contribution in [2.45, 2.75) is 39.3 Å². The van der Waals surface area contributed by atoms with Crippen molar-refractivity contribution in [2.24, 2.45) is 0 Å². The lowest BCUT2D eigenvalue weighted by atomic mass is 10.1. The Hall–Kier alpha value is -2.04. The Kier molecular flexibility index (Phi) is 4.53. The van der Waals surface area contributed by atoms with E-state index in [9.17, 15) is 9.59 Å². The minimum Gasteiger partial charge on any atom is -0.480 e. The van der Waals surface area contributed by atoms with Crippen LogP contribution in [0.3, 0.4) is 0 Å². The van der Waals surface area contributed by atoms with Gasteiger partial charge in [-0.1, -0.05) is 12.1 Å². The smallest absolute Gasteiger partial charge is 0.339 e. The zero-order valence-electron chi connectivity index (χ0n) is 11.6. The predicted molar refractivity (Wildman–Crippen MR) is 71.4 cm³/mol. The van der Waals surface area contributed by atoms with Crippen molar-refractivity contribution in [3.05, 3.63) is 29.8 Å². The van der Waals surface area contributed by atoms with E-state index in [0.717, 1.165) is 0 Å². The minimum atomic E-state index is -1.08. The van der Waals surface area contributed by atoms with Gasteiger partial charge >= 0.3 is 5.97 Å². The van der Waals surface area contributed by atoms with Crippen molar-refractivity contribution >= 4 is 11.9 Å². The molecule has 104 valence electrons. The lowest BCUT2D eigenvalue weighted by Gasteiger charge is -2.24. The van der Waals surface area contributed by atoms with E-state index in [4.69, 9.17) is 9.84 Å². The van der Waals surface area contributed by atoms with E-state index in [-0.39, 0.29) is 22.8 Å². The summed E-state index contributed by atoms with van der Waals surface area (Å²) in [7, 11) is 0. The third-order valence-corrected chi connectivity index (χ3v) is 2.29. The highest BCUT2D eigenvalue weighted by Crippen LogP contribution is 2.19. The predicted octanol–water partition coefficient (Wildman–Crippen LogP) is 2.07. The third kappa shape index (κ3) is 4.62. The Labute approximate surface area is 112 Å². The van der Waals surface area contributed by atoms with Crippen LogP contribution in [0.4, 0.5) is 0 Å². The van der Waals surface area contributed by atoms with Gasteiger partial charge in [-0.05, 0) is 39.8 Å². The first-order chi connectivity index (χ1) is 8.70. The van der Waals surface area contributed by atoms with Crippen molar-refractivity contribution in [3.63, 3.8) is 0 Å². The van der Waals surface area contributed by atoms with Gasteiger partial charge in [0.05, 0.1) is 0 Å². The summed E-state index contributed by atoms with van der Waals surface area (Å²) in [5, 5.41) is 11.8. The SMILES string of the molecule is CC(Oc1ccccc1C(=O)O)C(=O)NC(C)(C)C. The molecule has 0 aliphatic heterocycles. The summed E-state index contributed by atoms with van der Waals surface area (Å²) in [6, 6.07) is 6.24. The van der Waals surface area contributed by atoms with E-state index in [2.05, 4.69) is 5.32 Å². The fraction of sp³-hybridized carbons (Fsp3) is 0.429. The molecule has 1 amide bonds. The Balaban J connectivity index is 2.80. The van der Waals surface area contributed by atoms with Crippen LogP contribution in [0.1, 0.15) is 38.1 Å². The maximum absolute atomic E-state index is 11.9. The highest BCUT2D eigenvalue weighted by Gasteiger charge is 2.22. The molecule has 1 aromatic carbocycles. The zero-order chi connectivity index (χ0) is 14.6. The average molecular weight is 265 g/mol. The first-order valence-electron chi connectivity index (χ1n) is 6.02. The fourth-order valence-corrected chi connectivity index (χ4v) is 1.46. The average Bonchev–Trinajstić information content (AvgIpc) is 2.27. The highest BCUT2D eigenvalue weighted by molar-refractivity contribution is 5.91. The second-order valence-electron chi connectivity index (χ2n) is 5.30. The Morgan fingerprint density at radius 1 is 1.26 bits per heavy atom. The third-order valence-electron chi connectivity index (χ3n) is 2.29. The number of para-hydroxylation sites is 1. The number of amides is 1. The number of ether oxygens (including phenoxy) is 1. The molecule has 1 aromatic rings. The molecule has 19 heavy (non-hydrogen) atoms. The Bertz CT molecular complexity index is 477. The van der Waals surface area contributed by atoms with Gasteiger partial charge in [-0.25, -0.2) is 4.79 Å². The lowest BCUT2D eigenvalue weighted by Crippen LogP contribution is -2.46. The van der Waals surface area contributed by atoms with E-state index < -0.39 is 12.1 Å². The standard InChI is InChI=1S/C14H19NO4/c1-9(12(16)15-14(2,3)4)19-11-8-6-5-7-10(11)13(17)18/h5-9H,1-4H3,(H,15,16)(H,17,18). The van der Waals surface area contributed by atoms with Crippen molar-refractivity contribution in [3.8, 4) is 5.75 Å². The number of carboxylic acids is 1. The van der Waals surface area contributed by atoms with Crippen molar-refractivity contribution < 1.29 is 19.4 Å². The summed E-state index contributed by atoms with van der Waals surface area (Å²) in [4.78, 5) is 22.9. The molecule has 0 spiro atoms. The normalized spacial score (nSPS) is 12.6. The van der Waals surface area contributed by atoms with Crippen LogP contribution in [0.2, 0.25) is 0 Å². The zero-order valence-corrected chi connectivity index (χ0v) is 11.6. The van der Waals surface area contributed by atoms with Crippen LogP contribution in [-0.4, -0.2) is 28.6 Å². The number of carboxylic acid groups (broad SMARTS) is 1. The van der Waals surface area contributed by atoms with E-state index in [1.807, 2.05) is 20.8 Å². The summed E-state index contributed by atoms with van der Waals surface area (Å²) in [5.74, 6) is -1.18. The number of rotatable bonds is 4. The van der Waals surface area contributed by atoms with Crippen molar-refractivity contribution in [1.29, 1.82) is 0 Å². The summed E-state index contributed by atoms with van der Waals surface area (Å²) in [6.07, 6.45) is -0.764. The largest absolute Gasteiger partial charge is 0.480 e. The quantitative estimate of drug-likeness (QED) is 0.873. The lowest BCUT2D eigenvalue weighted by molar-refractivity contribution is -0.128. The molecule has 1 rings (SSSR count). The summed E-state index contributed by atoms with van der Waals surface area (Å²) >= 11 is 0. The van der Waals surface area contributed by atoms with Gasteiger partial charge in [0.25, 0.3) is 5.91 Å². The van der Waals surface area contributed by atoms with Crippen LogP contribution in [0, 0.1) is 0 Å². The van der Waals surface area contributed by atoms with Crippen molar-refractivity contribution in [2.75, 3.05) is 0 Å². The van der Waals surface area contributed by atoms with Crippen LogP contribution in [0.5, 0.6) is 5.75 Å². The van der Waals surface area contributed by atoms with Crippen LogP contribution in [0.15, 0.2) is 24.3 Å². The first-order valence-corrected chi connectivity index (χ1v) is 6.02. The summed E-state index contributed by atoms with van der Waals surface area (Å²) in [6.45, 7) is 7.17. The number of benzene rings is 1. The van der Waals surface area contributed by atoms with E-state index >= 15 is 0 Å². The van der Waals surface area contributed by atoms with Gasteiger partial charge in [-0.3, -0.25) is 4.79 Å². The van der Waals surface area contributed by atoms with Gasteiger partial charge in [-0.15, -0.1) is 0 Å². The molecule has 0 bridgehead atoms. The molecule has 0 saturated carbocycles. The number of hydrogen-bond acceptors (Lipinski definition) is 3. The molecule has 0 heterocycles. The van der Waals surface area contributed by atoms with E-state index in [0.29, 0.717) is 0 Å². The van der Waals surface area contributed by atoms with Gasteiger partial charge in [0.15, 0.2) is 6.10 Å². The molecule has 0 saturated heterocycles. The number of carbonyl (C=O) groups excluding carboxylic acids is 1. The fourth-order valence-electron chi connectivity index (χ4n) is 1.46. The van der Waals surface area contributed by atoms with Crippen molar-refractivity contribution in [1.82, 2.24) is 5.32 Å². The molecule has 1 atom stereocenters. The second-order valence-corrected chi connectivity index (χ2v) is 5.30. The van der Waals surface area contributed by atoms with Gasteiger partial charge in [-0.2, -0.15) is 0 Å². The van der Waals surface area contributed by atoms with Gasteiger partial charge in [0, 0.05) is 5.54 Å². The molecule has 0 aliphatic rings. The second kappa shape index (κ2) is 5.73. The van der Waals surface area contributed by atoms with Gasteiger partial charge in [0.2, 0.25) is 0 Å². The van der Waals surface area contributed by atoms with Crippen LogP contribution in [0.25, 0.3) is 0 Å². The molecular formula is C14H19NO4. The Morgan fingerprint density at radius 3 is 2.37 bits per heavy atom. The maximum atomic E-state index is 11.9. The molecule has 0 aromatic heterocycles. The molecule has 0 fully saturated rings.